The molecule has 3 aliphatic heterocycles. The molecule has 1 unspecified atom stereocenters. The lowest BCUT2D eigenvalue weighted by Gasteiger charge is -2.31. The van der Waals surface area contributed by atoms with E-state index >= 15 is 0 Å². The molecule has 0 saturated heterocycles. The zero-order chi connectivity index (χ0) is 18.8. The Bertz CT molecular complexity index is 1060. The number of hydrogen-bond donors (Lipinski definition) is 0. The van der Waals surface area contributed by atoms with Crippen molar-refractivity contribution in [3.05, 3.63) is 53.1 Å². The first kappa shape index (κ1) is 16.8. The summed E-state index contributed by atoms with van der Waals surface area (Å²) in [5.74, 6) is -0.190. The van der Waals surface area contributed by atoms with Crippen molar-refractivity contribution in [1.29, 1.82) is 0 Å². The quantitative estimate of drug-likeness (QED) is 0.801. The lowest BCUT2D eigenvalue weighted by molar-refractivity contribution is -0.119. The minimum absolute atomic E-state index is 0.0869. The van der Waals surface area contributed by atoms with E-state index in [4.69, 9.17) is 0 Å². The number of aryl methyl sites for hydroxylation is 2. The van der Waals surface area contributed by atoms with E-state index in [0.29, 0.717) is 11.4 Å². The largest absolute Gasteiger partial charge is 0.311 e. The van der Waals surface area contributed by atoms with E-state index in [2.05, 4.69) is 0 Å². The fourth-order valence-corrected chi connectivity index (χ4v) is 6.32. The van der Waals surface area contributed by atoms with Gasteiger partial charge in [-0.25, -0.2) is 8.42 Å². The SMILES string of the molecule is CC1C(=O)N2CCCc3cc(S(=O)(=O)N4CCCc5ccccc54)cc1c32. The number of carbonyl (C=O) groups is 1. The summed E-state index contributed by atoms with van der Waals surface area (Å²) >= 11 is 0. The number of amides is 1. The van der Waals surface area contributed by atoms with Crippen LogP contribution >= 0.6 is 0 Å². The number of nitrogens with zero attached hydrogens (tertiary/aromatic N) is 2. The highest BCUT2D eigenvalue weighted by Crippen LogP contribution is 2.44. The molecule has 3 heterocycles. The Labute approximate surface area is 159 Å². The minimum atomic E-state index is -3.66. The average molecular weight is 382 g/mol. The maximum absolute atomic E-state index is 13.5. The van der Waals surface area contributed by atoms with Crippen molar-refractivity contribution in [3.63, 3.8) is 0 Å². The number of anilines is 2. The molecule has 6 heteroatoms. The Morgan fingerprint density at radius 2 is 1.74 bits per heavy atom. The highest BCUT2D eigenvalue weighted by atomic mass is 32.2. The van der Waals surface area contributed by atoms with Gasteiger partial charge in [0.2, 0.25) is 5.91 Å². The molecule has 2 aromatic carbocycles. The van der Waals surface area contributed by atoms with Gasteiger partial charge in [-0.2, -0.15) is 0 Å². The van der Waals surface area contributed by atoms with Gasteiger partial charge in [0.15, 0.2) is 0 Å². The van der Waals surface area contributed by atoms with E-state index in [1.54, 1.807) is 16.4 Å². The van der Waals surface area contributed by atoms with Crippen LogP contribution < -0.4 is 9.21 Å². The lowest BCUT2D eigenvalue weighted by atomic mass is 9.97. The molecular weight excluding hydrogens is 360 g/mol. The Balaban J connectivity index is 1.65. The Kier molecular flexibility index (Phi) is 3.63. The first-order chi connectivity index (χ1) is 13.0. The third-order valence-corrected chi connectivity index (χ3v) is 7.84. The Morgan fingerprint density at radius 3 is 2.59 bits per heavy atom. The lowest BCUT2D eigenvalue weighted by Crippen LogP contribution is -2.35. The maximum Gasteiger partial charge on any atom is 0.264 e. The van der Waals surface area contributed by atoms with Gasteiger partial charge in [-0.05, 0) is 67.5 Å². The summed E-state index contributed by atoms with van der Waals surface area (Å²) in [6, 6.07) is 11.3. The molecule has 1 atom stereocenters. The number of benzene rings is 2. The predicted molar refractivity (Wildman–Crippen MR) is 105 cm³/mol. The number of carbonyl (C=O) groups excluding carboxylic acids is 1. The van der Waals surface area contributed by atoms with Gasteiger partial charge in [0.1, 0.15) is 0 Å². The standard InChI is InChI=1S/C21H22N2O3S/c1-14-18-13-17(12-16-8-4-10-22(20(16)18)21(14)24)27(25,26)23-11-5-7-15-6-2-3-9-19(15)23/h2-3,6,9,12-14H,4-5,7-8,10-11H2,1H3. The van der Waals surface area contributed by atoms with Gasteiger partial charge in [0, 0.05) is 13.1 Å². The smallest absolute Gasteiger partial charge is 0.264 e. The molecular formula is C21H22N2O3S. The summed E-state index contributed by atoms with van der Waals surface area (Å²) in [6.45, 7) is 3.10. The highest BCUT2D eigenvalue weighted by Gasteiger charge is 2.40. The van der Waals surface area contributed by atoms with Gasteiger partial charge in [0.25, 0.3) is 10.0 Å². The molecule has 0 saturated carbocycles. The minimum Gasteiger partial charge on any atom is -0.311 e. The molecule has 0 N–H and O–H groups in total. The second kappa shape index (κ2) is 5.83. The molecule has 3 aliphatic rings. The van der Waals surface area contributed by atoms with Crippen LogP contribution in [-0.4, -0.2) is 27.4 Å². The fourth-order valence-electron chi connectivity index (χ4n) is 4.69. The van der Waals surface area contributed by atoms with Gasteiger partial charge >= 0.3 is 0 Å². The summed E-state index contributed by atoms with van der Waals surface area (Å²) < 4.78 is 28.6. The molecule has 5 nitrogen and oxygen atoms in total. The summed E-state index contributed by atoms with van der Waals surface area (Å²) in [5, 5.41) is 0. The van der Waals surface area contributed by atoms with Gasteiger partial charge in [-0.1, -0.05) is 18.2 Å². The van der Waals surface area contributed by atoms with Crippen LogP contribution in [0.1, 0.15) is 42.4 Å². The molecule has 0 aromatic heterocycles. The first-order valence-electron chi connectivity index (χ1n) is 9.57. The molecule has 2 aromatic rings. The van der Waals surface area contributed by atoms with E-state index in [-0.39, 0.29) is 11.8 Å². The molecule has 0 aliphatic carbocycles. The number of fused-ring (bicyclic) bond motifs is 1. The molecule has 0 spiro atoms. The number of para-hydroxylation sites is 1. The highest BCUT2D eigenvalue weighted by molar-refractivity contribution is 7.92. The molecule has 0 radical (unpaired) electrons. The van der Waals surface area contributed by atoms with Gasteiger partial charge in [0.05, 0.1) is 22.2 Å². The van der Waals surface area contributed by atoms with Crippen molar-refractivity contribution in [2.24, 2.45) is 0 Å². The first-order valence-corrected chi connectivity index (χ1v) is 11.0. The third-order valence-electron chi connectivity index (χ3n) is 6.05. The van der Waals surface area contributed by atoms with E-state index in [1.165, 1.54) is 0 Å². The monoisotopic (exact) mass is 382 g/mol. The van der Waals surface area contributed by atoms with Crippen molar-refractivity contribution >= 4 is 27.3 Å². The summed E-state index contributed by atoms with van der Waals surface area (Å²) in [7, 11) is -3.66. The van der Waals surface area contributed by atoms with Crippen molar-refractivity contribution in [2.75, 3.05) is 22.3 Å². The molecule has 0 bridgehead atoms. The predicted octanol–water partition coefficient (Wildman–Crippen LogP) is 3.22. The summed E-state index contributed by atoms with van der Waals surface area (Å²) in [4.78, 5) is 14.7. The number of sulfonamides is 1. The summed E-state index contributed by atoms with van der Waals surface area (Å²) in [6.07, 6.45) is 3.41. The van der Waals surface area contributed by atoms with Crippen LogP contribution in [0.25, 0.3) is 0 Å². The van der Waals surface area contributed by atoms with Crippen LogP contribution in [0.5, 0.6) is 0 Å². The van der Waals surface area contributed by atoms with Gasteiger partial charge in [-0.15, -0.1) is 0 Å². The van der Waals surface area contributed by atoms with Crippen LogP contribution in [0.15, 0.2) is 41.3 Å². The van der Waals surface area contributed by atoms with Crippen LogP contribution in [0.4, 0.5) is 11.4 Å². The molecule has 0 fully saturated rings. The third kappa shape index (κ3) is 2.35. The number of hydrogen-bond acceptors (Lipinski definition) is 3. The maximum atomic E-state index is 13.5. The van der Waals surface area contributed by atoms with Crippen molar-refractivity contribution < 1.29 is 13.2 Å². The fraction of sp³-hybridized carbons (Fsp3) is 0.381. The number of rotatable bonds is 2. The van der Waals surface area contributed by atoms with E-state index in [0.717, 1.165) is 60.3 Å². The zero-order valence-corrected chi connectivity index (χ0v) is 16.1. The van der Waals surface area contributed by atoms with Crippen LogP contribution in [0.3, 0.4) is 0 Å². The van der Waals surface area contributed by atoms with Crippen molar-refractivity contribution in [3.8, 4) is 0 Å². The average Bonchev–Trinajstić information content (AvgIpc) is 2.94. The topological polar surface area (TPSA) is 57.7 Å². The van der Waals surface area contributed by atoms with Crippen molar-refractivity contribution in [1.82, 2.24) is 0 Å². The van der Waals surface area contributed by atoms with Crippen molar-refractivity contribution in [2.45, 2.75) is 43.4 Å². The van der Waals surface area contributed by atoms with Crippen LogP contribution in [0.2, 0.25) is 0 Å². The van der Waals surface area contributed by atoms with E-state index in [9.17, 15) is 13.2 Å². The van der Waals surface area contributed by atoms with Crippen LogP contribution in [-0.2, 0) is 27.7 Å². The molecule has 5 rings (SSSR count). The van der Waals surface area contributed by atoms with Crippen LogP contribution in [0, 0.1) is 0 Å². The molecule has 1 amide bonds. The zero-order valence-electron chi connectivity index (χ0n) is 15.3. The second-order valence-electron chi connectivity index (χ2n) is 7.64. The van der Waals surface area contributed by atoms with Gasteiger partial charge < -0.3 is 4.90 Å². The Morgan fingerprint density at radius 1 is 1.00 bits per heavy atom. The van der Waals surface area contributed by atoms with E-state index in [1.807, 2.05) is 36.1 Å². The Hall–Kier alpha value is -2.34. The molecule has 140 valence electrons. The normalized spacial score (nSPS) is 21.2. The molecule has 27 heavy (non-hydrogen) atoms. The van der Waals surface area contributed by atoms with E-state index < -0.39 is 10.0 Å². The van der Waals surface area contributed by atoms with Gasteiger partial charge in [-0.3, -0.25) is 9.10 Å². The second-order valence-corrected chi connectivity index (χ2v) is 9.51. The summed E-state index contributed by atoms with van der Waals surface area (Å²) in [5.41, 5.74) is 4.66.